The zero-order valence-corrected chi connectivity index (χ0v) is 19.5. The van der Waals surface area contributed by atoms with Gasteiger partial charge < -0.3 is 13.9 Å². The van der Waals surface area contributed by atoms with Crippen LogP contribution < -0.4 is 19.8 Å². The van der Waals surface area contributed by atoms with Crippen LogP contribution in [0.2, 0.25) is 5.02 Å². The summed E-state index contributed by atoms with van der Waals surface area (Å²) in [4.78, 5) is 28.6. The average Bonchev–Trinajstić information content (AvgIpc) is 3.36. The first kappa shape index (κ1) is 21.4. The van der Waals surface area contributed by atoms with Crippen molar-refractivity contribution in [3.63, 3.8) is 0 Å². The Morgan fingerprint density at radius 1 is 1.15 bits per heavy atom. The number of halogens is 1. The van der Waals surface area contributed by atoms with Gasteiger partial charge in [-0.3, -0.25) is 14.5 Å². The molecule has 0 saturated heterocycles. The number of anilines is 1. The van der Waals surface area contributed by atoms with Gasteiger partial charge in [0.05, 0.1) is 30.7 Å². The Labute approximate surface area is 197 Å². The Morgan fingerprint density at radius 2 is 1.97 bits per heavy atom. The highest BCUT2D eigenvalue weighted by Gasteiger charge is 2.45. The smallest absolute Gasteiger partial charge is 0.297 e. The van der Waals surface area contributed by atoms with Gasteiger partial charge in [-0.15, -0.1) is 10.2 Å². The van der Waals surface area contributed by atoms with Gasteiger partial charge in [0.25, 0.3) is 5.91 Å². The number of carbonyl (C=O) groups is 1. The maximum Gasteiger partial charge on any atom is 0.297 e. The summed E-state index contributed by atoms with van der Waals surface area (Å²) < 4.78 is 17.1. The highest BCUT2D eigenvalue weighted by Crippen LogP contribution is 2.44. The summed E-state index contributed by atoms with van der Waals surface area (Å²) in [7, 11) is 1.53. The number of amides is 1. The Hall–Kier alpha value is -3.43. The topological polar surface area (TPSA) is 94.8 Å². The number of nitrogens with zero attached hydrogens (tertiary/aromatic N) is 3. The Bertz CT molecular complexity index is 1460. The fourth-order valence-corrected chi connectivity index (χ4v) is 4.86. The molecule has 4 aromatic rings. The lowest BCUT2D eigenvalue weighted by atomic mass is 9.98. The van der Waals surface area contributed by atoms with Gasteiger partial charge >= 0.3 is 0 Å². The standard InChI is InChI=1S/C23H18ClN3O5S/c1-4-31-16-7-5-12(9-17(16)30-3)19-18-20(28)14-10-13(24)6-8-15(14)32-21(18)22(29)27(19)23-26-25-11(2)33-23/h5-10,19H,4H2,1-3H3/t19-/m0/s1. The average molecular weight is 484 g/mol. The molecule has 2 aromatic carbocycles. The first-order chi connectivity index (χ1) is 15.9. The number of aryl methyl sites for hydroxylation is 1. The molecular weight excluding hydrogens is 466 g/mol. The normalized spacial score (nSPS) is 15.2. The molecule has 1 amide bonds. The van der Waals surface area contributed by atoms with Gasteiger partial charge in [-0.1, -0.05) is 29.0 Å². The lowest BCUT2D eigenvalue weighted by Crippen LogP contribution is -2.29. The number of fused-ring (bicyclic) bond motifs is 2. The van der Waals surface area contributed by atoms with Crippen LogP contribution in [0.25, 0.3) is 11.0 Å². The molecule has 2 aromatic heterocycles. The first-order valence-corrected chi connectivity index (χ1v) is 11.3. The molecule has 8 nitrogen and oxygen atoms in total. The van der Waals surface area contributed by atoms with Crippen molar-refractivity contribution in [1.29, 1.82) is 0 Å². The lowest BCUT2D eigenvalue weighted by molar-refractivity contribution is 0.0970. The number of rotatable bonds is 5. The van der Waals surface area contributed by atoms with Crippen molar-refractivity contribution in [2.45, 2.75) is 19.9 Å². The monoisotopic (exact) mass is 483 g/mol. The summed E-state index contributed by atoms with van der Waals surface area (Å²) in [6, 6.07) is 9.25. The number of hydrogen-bond donors (Lipinski definition) is 0. The SMILES string of the molecule is CCOc1ccc([C@H]2c3c(oc4ccc(Cl)cc4c3=O)C(=O)N2c2nnc(C)s2)cc1OC. The minimum Gasteiger partial charge on any atom is -0.493 e. The number of carbonyl (C=O) groups excluding carboxylic acids is 1. The van der Waals surface area contributed by atoms with Crippen LogP contribution in [0.15, 0.2) is 45.6 Å². The van der Waals surface area contributed by atoms with Crippen molar-refractivity contribution < 1.29 is 18.7 Å². The molecule has 1 atom stereocenters. The van der Waals surface area contributed by atoms with E-state index in [0.717, 1.165) is 0 Å². The van der Waals surface area contributed by atoms with Crippen molar-refractivity contribution >= 4 is 44.9 Å². The van der Waals surface area contributed by atoms with E-state index in [0.29, 0.717) is 44.2 Å². The van der Waals surface area contributed by atoms with Gasteiger partial charge in [0.1, 0.15) is 10.6 Å². The van der Waals surface area contributed by atoms with E-state index >= 15 is 0 Å². The molecule has 0 N–H and O–H groups in total. The van der Waals surface area contributed by atoms with Crippen LogP contribution in [0.1, 0.15) is 39.7 Å². The predicted octanol–water partition coefficient (Wildman–Crippen LogP) is 4.76. The van der Waals surface area contributed by atoms with Crippen LogP contribution in [0, 0.1) is 6.92 Å². The van der Waals surface area contributed by atoms with Gasteiger partial charge in [-0.05, 0) is 49.7 Å². The van der Waals surface area contributed by atoms with Gasteiger partial charge in [0.15, 0.2) is 16.9 Å². The molecule has 1 aliphatic rings. The van der Waals surface area contributed by atoms with E-state index in [1.807, 2.05) is 6.92 Å². The van der Waals surface area contributed by atoms with E-state index in [9.17, 15) is 9.59 Å². The van der Waals surface area contributed by atoms with Gasteiger partial charge in [-0.2, -0.15) is 0 Å². The molecule has 0 unspecified atom stereocenters. The highest BCUT2D eigenvalue weighted by molar-refractivity contribution is 7.15. The fourth-order valence-electron chi connectivity index (χ4n) is 3.97. The summed E-state index contributed by atoms with van der Waals surface area (Å²) in [5, 5.41) is 9.96. The van der Waals surface area contributed by atoms with E-state index in [2.05, 4.69) is 10.2 Å². The Balaban J connectivity index is 1.79. The first-order valence-electron chi connectivity index (χ1n) is 10.1. The molecule has 0 fully saturated rings. The predicted molar refractivity (Wildman–Crippen MR) is 125 cm³/mol. The summed E-state index contributed by atoms with van der Waals surface area (Å²) in [6.45, 7) is 4.14. The second kappa shape index (κ2) is 8.17. The minimum atomic E-state index is -0.788. The van der Waals surface area contributed by atoms with Crippen LogP contribution in [0.4, 0.5) is 5.13 Å². The third-order valence-electron chi connectivity index (χ3n) is 5.36. The van der Waals surface area contributed by atoms with Crippen molar-refractivity contribution in [3.05, 3.63) is 73.5 Å². The molecule has 3 heterocycles. The van der Waals surface area contributed by atoms with E-state index < -0.39 is 11.9 Å². The summed E-state index contributed by atoms with van der Waals surface area (Å²) in [5.41, 5.74) is 0.816. The maximum atomic E-state index is 13.6. The van der Waals surface area contributed by atoms with Gasteiger partial charge in [0.2, 0.25) is 10.9 Å². The van der Waals surface area contributed by atoms with Crippen molar-refractivity contribution in [2.24, 2.45) is 0 Å². The Morgan fingerprint density at radius 3 is 2.67 bits per heavy atom. The second-order valence-corrected chi connectivity index (χ2v) is 8.94. The van der Waals surface area contributed by atoms with E-state index in [1.54, 1.807) is 43.3 Å². The lowest BCUT2D eigenvalue weighted by Gasteiger charge is -2.23. The molecule has 0 bridgehead atoms. The molecule has 10 heteroatoms. The van der Waals surface area contributed by atoms with Crippen LogP contribution >= 0.6 is 22.9 Å². The van der Waals surface area contributed by atoms with Gasteiger partial charge in [-0.25, -0.2) is 0 Å². The number of methoxy groups -OCH3 is 1. The maximum absolute atomic E-state index is 13.6. The van der Waals surface area contributed by atoms with Crippen LogP contribution in [0.5, 0.6) is 11.5 Å². The summed E-state index contributed by atoms with van der Waals surface area (Å²) in [6.07, 6.45) is 0. The molecule has 5 rings (SSSR count). The quantitative estimate of drug-likeness (QED) is 0.403. The fraction of sp³-hybridized carbons (Fsp3) is 0.217. The van der Waals surface area contributed by atoms with Crippen molar-refractivity contribution in [3.8, 4) is 11.5 Å². The molecule has 0 spiro atoms. The molecule has 1 aliphatic heterocycles. The van der Waals surface area contributed by atoms with Crippen LogP contribution in [-0.4, -0.2) is 29.8 Å². The largest absolute Gasteiger partial charge is 0.493 e. The molecule has 168 valence electrons. The number of hydrogen-bond acceptors (Lipinski definition) is 8. The molecular formula is C23H18ClN3O5S. The zero-order valence-electron chi connectivity index (χ0n) is 17.9. The third-order valence-corrected chi connectivity index (χ3v) is 6.43. The molecule has 0 saturated carbocycles. The summed E-state index contributed by atoms with van der Waals surface area (Å²) >= 11 is 7.39. The number of aromatic nitrogens is 2. The van der Waals surface area contributed by atoms with Crippen molar-refractivity contribution in [1.82, 2.24) is 10.2 Å². The Kier molecular flexibility index (Phi) is 5.30. The second-order valence-electron chi connectivity index (χ2n) is 7.34. The van der Waals surface area contributed by atoms with E-state index in [-0.39, 0.29) is 22.3 Å². The molecule has 33 heavy (non-hydrogen) atoms. The molecule has 0 aliphatic carbocycles. The van der Waals surface area contributed by atoms with Crippen molar-refractivity contribution in [2.75, 3.05) is 18.6 Å². The van der Waals surface area contributed by atoms with Gasteiger partial charge in [0, 0.05) is 5.02 Å². The number of benzene rings is 2. The van der Waals surface area contributed by atoms with E-state index in [4.69, 9.17) is 25.5 Å². The molecule has 0 radical (unpaired) electrons. The third kappa shape index (κ3) is 3.44. The van der Waals surface area contributed by atoms with Crippen LogP contribution in [-0.2, 0) is 0 Å². The highest BCUT2D eigenvalue weighted by atomic mass is 35.5. The minimum absolute atomic E-state index is 0.0273. The summed E-state index contributed by atoms with van der Waals surface area (Å²) in [5.74, 6) is 0.550. The van der Waals surface area contributed by atoms with Crippen LogP contribution in [0.3, 0.4) is 0 Å². The zero-order chi connectivity index (χ0) is 23.3. The number of ether oxygens (including phenoxy) is 2. The van der Waals surface area contributed by atoms with E-state index in [1.165, 1.54) is 23.3 Å².